The molecule has 7 nitrogen and oxygen atoms in total. The minimum Gasteiger partial charge on any atom is -0.493 e. The van der Waals surface area contributed by atoms with Crippen LogP contribution in [0.4, 0.5) is 11.4 Å². The molecule has 0 radical (unpaired) electrons. The monoisotopic (exact) mass is 554 g/mol. The van der Waals surface area contributed by atoms with E-state index in [1.807, 2.05) is 80.6 Å². The Balaban J connectivity index is 1.69. The number of hydrogen-bond acceptors (Lipinski definition) is 6. The van der Waals surface area contributed by atoms with Crippen LogP contribution in [0.15, 0.2) is 78.0 Å². The Morgan fingerprint density at radius 3 is 2.41 bits per heavy atom. The number of methoxy groups -OCH3 is 2. The molecule has 1 amide bonds. The maximum absolute atomic E-state index is 14.3. The van der Waals surface area contributed by atoms with Gasteiger partial charge in [0.1, 0.15) is 5.75 Å². The fourth-order valence-corrected chi connectivity index (χ4v) is 5.79. The summed E-state index contributed by atoms with van der Waals surface area (Å²) < 4.78 is 17.4. The van der Waals surface area contributed by atoms with E-state index in [0.717, 1.165) is 34.6 Å². The third-order valence-corrected chi connectivity index (χ3v) is 8.06. The predicted octanol–water partition coefficient (Wildman–Crippen LogP) is 7.19. The number of ketones is 1. The first kappa shape index (κ1) is 28.3. The van der Waals surface area contributed by atoms with E-state index >= 15 is 0 Å². The lowest BCUT2D eigenvalue weighted by Crippen LogP contribution is -2.38. The minimum atomic E-state index is -0.632. The normalized spacial score (nSPS) is 19.0. The van der Waals surface area contributed by atoms with Gasteiger partial charge < -0.3 is 19.5 Å². The number of ether oxygens (including phenoxy) is 3. The Labute approximate surface area is 242 Å². The Morgan fingerprint density at radius 2 is 1.68 bits per heavy atom. The van der Waals surface area contributed by atoms with Crippen LogP contribution in [0.25, 0.3) is 0 Å². The zero-order valence-electron chi connectivity index (χ0n) is 24.4. The van der Waals surface area contributed by atoms with Crippen LogP contribution >= 0.6 is 0 Å². The van der Waals surface area contributed by atoms with Gasteiger partial charge in [0, 0.05) is 29.7 Å². The largest absolute Gasteiger partial charge is 0.493 e. The number of hydrogen-bond donors (Lipinski definition) is 1. The molecule has 214 valence electrons. The number of allylic oxidation sites excluding steroid dienone is 1. The predicted molar refractivity (Wildman–Crippen MR) is 161 cm³/mol. The number of carbonyl (C=O) groups excluding carboxylic acids is 2. The highest BCUT2D eigenvalue weighted by Crippen LogP contribution is 2.49. The SMILES string of the molecule is CCC(=O)N1c2ccccc2NC2=C(C(=O)C[C@H](c3ccc(OC)c(OC)c3)C2)[C@@H]1c1ccccc1O[C@@H](C)CC. The number of amides is 1. The molecule has 0 spiro atoms. The summed E-state index contributed by atoms with van der Waals surface area (Å²) in [5, 5.41) is 3.59. The molecule has 3 aromatic carbocycles. The minimum absolute atomic E-state index is 0.00332. The molecule has 1 N–H and O–H groups in total. The highest BCUT2D eigenvalue weighted by Gasteiger charge is 2.42. The quantitative estimate of drug-likeness (QED) is 0.318. The third-order valence-electron chi connectivity index (χ3n) is 8.06. The van der Waals surface area contributed by atoms with Gasteiger partial charge in [-0.15, -0.1) is 0 Å². The Bertz CT molecular complexity index is 1480. The van der Waals surface area contributed by atoms with Gasteiger partial charge in [-0.3, -0.25) is 14.5 Å². The molecule has 3 atom stereocenters. The Morgan fingerprint density at radius 1 is 0.951 bits per heavy atom. The summed E-state index contributed by atoms with van der Waals surface area (Å²) in [4.78, 5) is 29.8. The molecule has 0 saturated carbocycles. The number of fused-ring (bicyclic) bond motifs is 1. The summed E-state index contributed by atoms with van der Waals surface area (Å²) in [5.74, 6) is 1.83. The van der Waals surface area contributed by atoms with Crippen LogP contribution in [0.3, 0.4) is 0 Å². The number of nitrogens with zero attached hydrogens (tertiary/aromatic N) is 1. The highest BCUT2D eigenvalue weighted by molar-refractivity contribution is 6.06. The van der Waals surface area contributed by atoms with Crippen molar-refractivity contribution in [3.63, 3.8) is 0 Å². The van der Waals surface area contributed by atoms with Crippen LogP contribution in [0.5, 0.6) is 17.2 Å². The first-order valence-electron chi connectivity index (χ1n) is 14.3. The molecule has 41 heavy (non-hydrogen) atoms. The fraction of sp³-hybridized carbons (Fsp3) is 0.353. The number of carbonyl (C=O) groups is 2. The van der Waals surface area contributed by atoms with E-state index in [1.54, 1.807) is 19.1 Å². The molecular formula is C34H38N2O5. The van der Waals surface area contributed by atoms with Crippen LogP contribution in [0.2, 0.25) is 0 Å². The number of Topliss-reactive ketones (excluding diaryl/α,β-unsaturated/α-hetero) is 1. The summed E-state index contributed by atoms with van der Waals surface area (Å²) in [6, 6.07) is 20.7. The van der Waals surface area contributed by atoms with Gasteiger partial charge in [0.05, 0.1) is 37.7 Å². The maximum Gasteiger partial charge on any atom is 0.227 e. The Hall–Kier alpha value is -4.26. The fourth-order valence-electron chi connectivity index (χ4n) is 5.79. The number of nitrogens with one attached hydrogen (secondary N) is 1. The second kappa shape index (κ2) is 12.1. The van der Waals surface area contributed by atoms with E-state index in [9.17, 15) is 9.59 Å². The Kier molecular flexibility index (Phi) is 8.34. The van der Waals surface area contributed by atoms with Crippen molar-refractivity contribution < 1.29 is 23.8 Å². The van der Waals surface area contributed by atoms with E-state index in [-0.39, 0.29) is 23.7 Å². The van der Waals surface area contributed by atoms with Crippen LogP contribution < -0.4 is 24.4 Å². The second-order valence-corrected chi connectivity index (χ2v) is 10.6. The molecule has 0 fully saturated rings. The molecule has 7 heteroatoms. The summed E-state index contributed by atoms with van der Waals surface area (Å²) in [6.07, 6.45) is 2.02. The van der Waals surface area contributed by atoms with Gasteiger partial charge >= 0.3 is 0 Å². The molecular weight excluding hydrogens is 516 g/mol. The van der Waals surface area contributed by atoms with Crippen molar-refractivity contribution in [3.8, 4) is 17.2 Å². The molecule has 1 aliphatic heterocycles. The van der Waals surface area contributed by atoms with Gasteiger partial charge in [0.15, 0.2) is 17.3 Å². The van der Waals surface area contributed by atoms with E-state index in [1.165, 1.54) is 0 Å². The van der Waals surface area contributed by atoms with Crippen LogP contribution in [0, 0.1) is 0 Å². The number of para-hydroxylation sites is 3. The van der Waals surface area contributed by atoms with Crippen molar-refractivity contribution in [2.75, 3.05) is 24.4 Å². The molecule has 5 rings (SSSR count). The van der Waals surface area contributed by atoms with Crippen LogP contribution in [0.1, 0.15) is 69.5 Å². The van der Waals surface area contributed by atoms with E-state index < -0.39 is 6.04 Å². The zero-order chi connectivity index (χ0) is 29.1. The average molecular weight is 555 g/mol. The van der Waals surface area contributed by atoms with E-state index in [2.05, 4.69) is 12.2 Å². The summed E-state index contributed by atoms with van der Waals surface area (Å²) in [7, 11) is 3.22. The van der Waals surface area contributed by atoms with Crippen molar-refractivity contribution >= 4 is 23.1 Å². The first-order chi connectivity index (χ1) is 19.9. The number of benzene rings is 3. The summed E-state index contributed by atoms with van der Waals surface area (Å²) in [5.41, 5.74) is 4.78. The lowest BCUT2D eigenvalue weighted by molar-refractivity contribution is -0.119. The number of rotatable bonds is 8. The molecule has 1 aliphatic carbocycles. The molecule has 1 heterocycles. The lowest BCUT2D eigenvalue weighted by Gasteiger charge is -2.36. The smallest absolute Gasteiger partial charge is 0.227 e. The van der Waals surface area contributed by atoms with Gasteiger partial charge in [0.2, 0.25) is 5.91 Å². The second-order valence-electron chi connectivity index (χ2n) is 10.6. The van der Waals surface area contributed by atoms with Gasteiger partial charge in [-0.1, -0.05) is 50.2 Å². The standard InChI is InChI=1S/C34H38N2O5/c1-6-21(3)41-29-15-11-8-12-24(29)34-33-26(35-25-13-9-10-14-27(25)36(34)32(38)7-2)18-23(19-28(33)37)22-16-17-30(39-4)31(20-22)40-5/h8-17,20-21,23,34-35H,6-7,18-19H2,1-5H3/t21-,23+,34-/m0/s1. The molecule has 3 aromatic rings. The highest BCUT2D eigenvalue weighted by atomic mass is 16.5. The van der Waals surface area contributed by atoms with Crippen molar-refractivity contribution in [2.24, 2.45) is 0 Å². The van der Waals surface area contributed by atoms with E-state index in [0.29, 0.717) is 42.1 Å². The van der Waals surface area contributed by atoms with Gasteiger partial charge in [0.25, 0.3) is 0 Å². The van der Waals surface area contributed by atoms with Crippen molar-refractivity contribution in [2.45, 2.75) is 64.5 Å². The van der Waals surface area contributed by atoms with E-state index in [4.69, 9.17) is 14.2 Å². The van der Waals surface area contributed by atoms with Crippen LogP contribution in [-0.2, 0) is 9.59 Å². The summed E-state index contributed by atoms with van der Waals surface area (Å²) >= 11 is 0. The molecule has 2 aliphatic rings. The number of anilines is 2. The van der Waals surface area contributed by atoms with Crippen molar-refractivity contribution in [3.05, 3.63) is 89.1 Å². The molecule has 0 saturated heterocycles. The zero-order valence-corrected chi connectivity index (χ0v) is 24.4. The third kappa shape index (κ3) is 5.41. The molecule has 0 bridgehead atoms. The van der Waals surface area contributed by atoms with Gasteiger partial charge in [-0.2, -0.15) is 0 Å². The average Bonchev–Trinajstić information content (AvgIpc) is 3.15. The van der Waals surface area contributed by atoms with Crippen LogP contribution in [-0.4, -0.2) is 32.0 Å². The summed E-state index contributed by atoms with van der Waals surface area (Å²) in [6.45, 7) is 5.96. The lowest BCUT2D eigenvalue weighted by atomic mass is 9.78. The topological polar surface area (TPSA) is 77.1 Å². The van der Waals surface area contributed by atoms with Gasteiger partial charge in [-0.25, -0.2) is 0 Å². The van der Waals surface area contributed by atoms with Crippen molar-refractivity contribution in [1.29, 1.82) is 0 Å². The first-order valence-corrected chi connectivity index (χ1v) is 14.3. The van der Waals surface area contributed by atoms with Crippen molar-refractivity contribution in [1.82, 2.24) is 0 Å². The maximum atomic E-state index is 14.3. The molecule has 0 unspecified atom stereocenters. The van der Waals surface area contributed by atoms with Gasteiger partial charge in [-0.05, 0) is 61.6 Å². The molecule has 0 aromatic heterocycles.